The fourth-order valence-electron chi connectivity index (χ4n) is 1.40. The van der Waals surface area contributed by atoms with Crippen LogP contribution in [0.25, 0.3) is 0 Å². The molecule has 0 aliphatic carbocycles. The fourth-order valence-corrected chi connectivity index (χ4v) is 1.40. The van der Waals surface area contributed by atoms with Crippen LogP contribution in [0, 0.1) is 0 Å². The van der Waals surface area contributed by atoms with Crippen molar-refractivity contribution in [2.75, 3.05) is 0 Å². The van der Waals surface area contributed by atoms with Crippen LogP contribution in [0.3, 0.4) is 0 Å². The summed E-state index contributed by atoms with van der Waals surface area (Å²) in [5.74, 6) is -0.771. The summed E-state index contributed by atoms with van der Waals surface area (Å²) in [4.78, 5) is 10.5. The average molecular weight is 182 g/mol. The molecule has 2 heteroatoms. The van der Waals surface area contributed by atoms with Crippen molar-refractivity contribution in [1.29, 1.82) is 0 Å². The molecule has 0 unspecified atom stereocenters. The molecule has 0 aliphatic rings. The highest BCUT2D eigenvalue weighted by molar-refractivity contribution is 5.70. The van der Waals surface area contributed by atoms with Crippen molar-refractivity contribution in [3.8, 4) is 0 Å². The quantitative estimate of drug-likeness (QED) is 0.663. The summed E-state index contributed by atoms with van der Waals surface area (Å²) < 4.78 is 0. The van der Waals surface area contributed by atoms with E-state index in [-0.39, 0.29) is 6.42 Å². The number of carbonyl (C=O) groups is 1. The largest absolute Gasteiger partial charge is 0.481 e. The van der Waals surface area contributed by atoms with Crippen LogP contribution in [0.1, 0.15) is 40.0 Å². The van der Waals surface area contributed by atoms with Crippen LogP contribution in [-0.4, -0.2) is 11.1 Å². The Balaban J connectivity index is 4.68. The number of allylic oxidation sites excluding steroid dienone is 2. The molecular formula is C11H18O2. The van der Waals surface area contributed by atoms with Gasteiger partial charge in [0.15, 0.2) is 0 Å². The highest BCUT2D eigenvalue weighted by Gasteiger charge is 2.06. The van der Waals surface area contributed by atoms with Gasteiger partial charge in [-0.1, -0.05) is 31.6 Å². The third kappa shape index (κ3) is 3.92. The summed E-state index contributed by atoms with van der Waals surface area (Å²) in [5.41, 5.74) is 3.10. The zero-order valence-electron chi connectivity index (χ0n) is 8.68. The molecule has 0 amide bonds. The van der Waals surface area contributed by atoms with Gasteiger partial charge in [0.05, 0.1) is 6.42 Å². The summed E-state index contributed by atoms with van der Waals surface area (Å²) in [6.45, 7) is 9.85. The molecule has 0 saturated heterocycles. The Kier molecular flexibility index (Phi) is 5.12. The van der Waals surface area contributed by atoms with Gasteiger partial charge in [0, 0.05) is 0 Å². The van der Waals surface area contributed by atoms with Crippen LogP contribution in [0.15, 0.2) is 23.3 Å². The van der Waals surface area contributed by atoms with Gasteiger partial charge in [0.25, 0.3) is 0 Å². The standard InChI is InChI=1S/C11H18O2/c1-5-8(3)10(6-2)9(4)7-11(12)13/h3,5-7H2,1-2,4H3,(H,12,13)/b10-9+. The molecule has 0 aromatic heterocycles. The van der Waals surface area contributed by atoms with E-state index in [1.165, 1.54) is 0 Å². The van der Waals surface area contributed by atoms with Crippen molar-refractivity contribution in [3.05, 3.63) is 23.3 Å². The zero-order chi connectivity index (χ0) is 10.4. The van der Waals surface area contributed by atoms with Gasteiger partial charge in [-0.3, -0.25) is 4.79 Å². The Morgan fingerprint density at radius 2 is 1.85 bits per heavy atom. The highest BCUT2D eigenvalue weighted by Crippen LogP contribution is 2.21. The first-order valence-electron chi connectivity index (χ1n) is 4.61. The number of carboxylic acid groups (broad SMARTS) is 1. The molecule has 0 fully saturated rings. The Labute approximate surface area is 80.0 Å². The summed E-state index contributed by atoms with van der Waals surface area (Å²) in [5, 5.41) is 8.62. The van der Waals surface area contributed by atoms with Crippen molar-refractivity contribution < 1.29 is 9.90 Å². The Morgan fingerprint density at radius 1 is 1.31 bits per heavy atom. The Morgan fingerprint density at radius 3 is 2.15 bits per heavy atom. The van der Waals surface area contributed by atoms with E-state index in [2.05, 4.69) is 6.58 Å². The van der Waals surface area contributed by atoms with E-state index in [0.29, 0.717) is 0 Å². The Bertz CT molecular complexity index is 236. The maximum Gasteiger partial charge on any atom is 0.307 e. The normalized spacial score (nSPS) is 12.2. The first-order valence-corrected chi connectivity index (χ1v) is 4.61. The summed E-state index contributed by atoms with van der Waals surface area (Å²) in [7, 11) is 0. The van der Waals surface area contributed by atoms with E-state index in [9.17, 15) is 4.79 Å². The maximum atomic E-state index is 10.5. The monoisotopic (exact) mass is 182 g/mol. The molecule has 0 aromatic carbocycles. The van der Waals surface area contributed by atoms with Gasteiger partial charge in [-0.05, 0) is 25.3 Å². The molecular weight excluding hydrogens is 164 g/mol. The van der Waals surface area contributed by atoms with Gasteiger partial charge in [-0.2, -0.15) is 0 Å². The zero-order valence-corrected chi connectivity index (χ0v) is 8.68. The molecule has 2 nitrogen and oxygen atoms in total. The molecule has 0 spiro atoms. The molecule has 0 saturated carbocycles. The second kappa shape index (κ2) is 5.57. The van der Waals surface area contributed by atoms with Crippen molar-refractivity contribution in [3.63, 3.8) is 0 Å². The van der Waals surface area contributed by atoms with Gasteiger partial charge in [-0.15, -0.1) is 0 Å². The first-order chi connectivity index (χ1) is 6.02. The van der Waals surface area contributed by atoms with Gasteiger partial charge in [-0.25, -0.2) is 0 Å². The number of hydrogen-bond donors (Lipinski definition) is 1. The van der Waals surface area contributed by atoms with Crippen LogP contribution < -0.4 is 0 Å². The lowest BCUT2D eigenvalue weighted by Crippen LogP contribution is -1.99. The van der Waals surface area contributed by atoms with Gasteiger partial charge in [0.2, 0.25) is 0 Å². The van der Waals surface area contributed by atoms with E-state index in [0.717, 1.165) is 29.6 Å². The molecule has 0 rings (SSSR count). The number of carboxylic acids is 1. The maximum absolute atomic E-state index is 10.5. The van der Waals surface area contributed by atoms with Crippen LogP contribution in [0.4, 0.5) is 0 Å². The van der Waals surface area contributed by atoms with Gasteiger partial charge in [0.1, 0.15) is 0 Å². The smallest absolute Gasteiger partial charge is 0.307 e. The van der Waals surface area contributed by atoms with Crippen LogP contribution in [0.2, 0.25) is 0 Å². The Hall–Kier alpha value is -1.05. The first kappa shape index (κ1) is 11.9. The van der Waals surface area contributed by atoms with Crippen molar-refractivity contribution in [1.82, 2.24) is 0 Å². The molecule has 13 heavy (non-hydrogen) atoms. The number of rotatable bonds is 5. The predicted molar refractivity (Wildman–Crippen MR) is 54.7 cm³/mol. The predicted octanol–water partition coefficient (Wildman–Crippen LogP) is 3.15. The lowest BCUT2D eigenvalue weighted by Gasteiger charge is -2.10. The summed E-state index contributed by atoms with van der Waals surface area (Å²) in [6.07, 6.45) is 1.88. The number of aliphatic carboxylic acids is 1. The van der Waals surface area contributed by atoms with Crippen LogP contribution in [-0.2, 0) is 4.79 Å². The summed E-state index contributed by atoms with van der Waals surface area (Å²) in [6, 6.07) is 0. The van der Waals surface area contributed by atoms with E-state index in [4.69, 9.17) is 5.11 Å². The summed E-state index contributed by atoms with van der Waals surface area (Å²) >= 11 is 0. The molecule has 0 bridgehead atoms. The molecule has 0 heterocycles. The molecule has 0 radical (unpaired) electrons. The minimum Gasteiger partial charge on any atom is -0.481 e. The molecule has 1 N–H and O–H groups in total. The lowest BCUT2D eigenvalue weighted by molar-refractivity contribution is -0.136. The fraction of sp³-hybridized carbons (Fsp3) is 0.545. The molecule has 0 atom stereocenters. The minimum absolute atomic E-state index is 0.127. The second-order valence-electron chi connectivity index (χ2n) is 3.14. The highest BCUT2D eigenvalue weighted by atomic mass is 16.4. The lowest BCUT2D eigenvalue weighted by atomic mass is 9.96. The minimum atomic E-state index is -0.771. The van der Waals surface area contributed by atoms with Crippen molar-refractivity contribution in [2.24, 2.45) is 0 Å². The topological polar surface area (TPSA) is 37.3 Å². The molecule has 0 aliphatic heterocycles. The molecule has 0 aromatic rings. The van der Waals surface area contributed by atoms with E-state index < -0.39 is 5.97 Å². The second-order valence-corrected chi connectivity index (χ2v) is 3.14. The van der Waals surface area contributed by atoms with Gasteiger partial charge >= 0.3 is 5.97 Å². The van der Waals surface area contributed by atoms with Crippen molar-refractivity contribution >= 4 is 5.97 Å². The number of hydrogen-bond acceptors (Lipinski definition) is 1. The SMILES string of the molecule is C=C(CC)/C(CC)=C(\C)CC(=O)O. The average Bonchev–Trinajstić information content (AvgIpc) is 2.03. The van der Waals surface area contributed by atoms with Gasteiger partial charge < -0.3 is 5.11 Å². The molecule has 74 valence electrons. The van der Waals surface area contributed by atoms with E-state index in [1.807, 2.05) is 20.8 Å². The van der Waals surface area contributed by atoms with Crippen LogP contribution in [0.5, 0.6) is 0 Å². The van der Waals surface area contributed by atoms with E-state index >= 15 is 0 Å². The third-order valence-corrected chi connectivity index (χ3v) is 2.14. The third-order valence-electron chi connectivity index (χ3n) is 2.14. The van der Waals surface area contributed by atoms with Crippen molar-refractivity contribution in [2.45, 2.75) is 40.0 Å². The van der Waals surface area contributed by atoms with E-state index in [1.54, 1.807) is 0 Å². The van der Waals surface area contributed by atoms with Crippen LogP contribution >= 0.6 is 0 Å².